The van der Waals surface area contributed by atoms with Gasteiger partial charge >= 0.3 is 0 Å². The summed E-state index contributed by atoms with van der Waals surface area (Å²) < 4.78 is 18.7. The Kier molecular flexibility index (Phi) is 4.89. The summed E-state index contributed by atoms with van der Waals surface area (Å²) in [6, 6.07) is 3.83. The van der Waals surface area contributed by atoms with Gasteiger partial charge in [-0.15, -0.1) is 0 Å². The van der Waals surface area contributed by atoms with Crippen LogP contribution in [0.15, 0.2) is 18.2 Å². The van der Waals surface area contributed by atoms with Crippen molar-refractivity contribution in [2.45, 2.75) is 31.9 Å². The number of methoxy groups -OCH3 is 1. The lowest BCUT2D eigenvalue weighted by Gasteiger charge is -2.36. The quantitative estimate of drug-likeness (QED) is 0.632. The van der Waals surface area contributed by atoms with Gasteiger partial charge in [0.15, 0.2) is 0 Å². The van der Waals surface area contributed by atoms with E-state index in [0.29, 0.717) is 17.0 Å². The van der Waals surface area contributed by atoms with Crippen molar-refractivity contribution in [3.8, 4) is 0 Å². The molecule has 5 heteroatoms. The lowest BCUT2D eigenvalue weighted by Crippen LogP contribution is -2.45. The highest BCUT2D eigenvalue weighted by atomic mass is 35.5. The molecule has 96 valence electrons. The van der Waals surface area contributed by atoms with Crippen LogP contribution in [0.5, 0.6) is 0 Å². The second-order valence-electron chi connectivity index (χ2n) is 4.14. The number of benzene rings is 1. The van der Waals surface area contributed by atoms with Crippen LogP contribution < -0.4 is 11.3 Å². The third kappa shape index (κ3) is 2.96. The van der Waals surface area contributed by atoms with E-state index in [1.807, 2.05) is 13.8 Å². The largest absolute Gasteiger partial charge is 0.376 e. The number of hydrogen-bond donors (Lipinski definition) is 2. The maximum absolute atomic E-state index is 13.3. The minimum Gasteiger partial charge on any atom is -0.376 e. The highest BCUT2D eigenvalue weighted by Gasteiger charge is 2.34. The molecular formula is C12H18ClFN2O. The first-order valence-corrected chi connectivity index (χ1v) is 5.82. The molecule has 2 unspecified atom stereocenters. The Hall–Kier alpha value is -0.680. The van der Waals surface area contributed by atoms with Crippen molar-refractivity contribution in [3.05, 3.63) is 34.6 Å². The summed E-state index contributed by atoms with van der Waals surface area (Å²) >= 11 is 6.07. The Labute approximate surface area is 106 Å². The van der Waals surface area contributed by atoms with Gasteiger partial charge in [-0.25, -0.2) is 4.39 Å². The standard InChI is InChI=1S/C12H18ClFN2O/c1-4-12(2,17-3)11(16-15)9-7-8(14)5-6-10(9)13/h5-7,11,16H,4,15H2,1-3H3. The van der Waals surface area contributed by atoms with E-state index in [1.54, 1.807) is 7.11 Å². The van der Waals surface area contributed by atoms with Gasteiger partial charge in [-0.05, 0) is 37.1 Å². The Morgan fingerprint density at radius 3 is 2.71 bits per heavy atom. The van der Waals surface area contributed by atoms with Gasteiger partial charge in [0.05, 0.1) is 11.6 Å². The van der Waals surface area contributed by atoms with Crippen LogP contribution in [0.1, 0.15) is 31.9 Å². The van der Waals surface area contributed by atoms with Crippen molar-refractivity contribution in [3.63, 3.8) is 0 Å². The summed E-state index contributed by atoms with van der Waals surface area (Å²) in [6.07, 6.45) is 0.714. The molecule has 1 rings (SSSR count). The summed E-state index contributed by atoms with van der Waals surface area (Å²) in [5.74, 6) is 5.20. The second kappa shape index (κ2) is 5.78. The SMILES string of the molecule is CCC(C)(OC)C(NN)c1cc(F)ccc1Cl. The van der Waals surface area contributed by atoms with Crippen LogP contribution in [-0.2, 0) is 4.74 Å². The van der Waals surface area contributed by atoms with E-state index in [4.69, 9.17) is 22.2 Å². The van der Waals surface area contributed by atoms with Crippen molar-refractivity contribution in [1.82, 2.24) is 5.43 Å². The molecule has 0 saturated heterocycles. The van der Waals surface area contributed by atoms with Crippen molar-refractivity contribution in [2.24, 2.45) is 5.84 Å². The van der Waals surface area contributed by atoms with E-state index in [0.717, 1.165) is 0 Å². The van der Waals surface area contributed by atoms with Gasteiger partial charge in [0.2, 0.25) is 0 Å². The fourth-order valence-corrected chi connectivity index (χ4v) is 2.02. The number of ether oxygens (including phenoxy) is 1. The fourth-order valence-electron chi connectivity index (χ4n) is 1.80. The van der Waals surface area contributed by atoms with E-state index in [-0.39, 0.29) is 11.9 Å². The van der Waals surface area contributed by atoms with E-state index in [2.05, 4.69) is 5.43 Å². The number of rotatable bonds is 5. The van der Waals surface area contributed by atoms with E-state index >= 15 is 0 Å². The smallest absolute Gasteiger partial charge is 0.123 e. The Morgan fingerprint density at radius 2 is 2.24 bits per heavy atom. The molecule has 3 nitrogen and oxygen atoms in total. The van der Waals surface area contributed by atoms with E-state index in [1.165, 1.54) is 18.2 Å². The lowest BCUT2D eigenvalue weighted by molar-refractivity contribution is -0.0300. The van der Waals surface area contributed by atoms with E-state index in [9.17, 15) is 4.39 Å². The van der Waals surface area contributed by atoms with Crippen LogP contribution in [0.25, 0.3) is 0 Å². The molecule has 0 amide bonds. The molecule has 0 saturated carbocycles. The molecule has 17 heavy (non-hydrogen) atoms. The minimum atomic E-state index is -0.549. The third-order valence-corrected chi connectivity index (χ3v) is 3.56. The van der Waals surface area contributed by atoms with Gasteiger partial charge in [-0.3, -0.25) is 11.3 Å². The molecule has 0 spiro atoms. The monoisotopic (exact) mass is 260 g/mol. The minimum absolute atomic E-state index is 0.348. The molecule has 0 aliphatic heterocycles. The maximum atomic E-state index is 13.3. The maximum Gasteiger partial charge on any atom is 0.123 e. The first-order valence-electron chi connectivity index (χ1n) is 5.44. The van der Waals surface area contributed by atoms with Crippen LogP contribution >= 0.6 is 11.6 Å². The molecule has 0 aliphatic rings. The average molecular weight is 261 g/mol. The van der Waals surface area contributed by atoms with Crippen molar-refractivity contribution in [2.75, 3.05) is 7.11 Å². The third-order valence-electron chi connectivity index (χ3n) is 3.21. The van der Waals surface area contributed by atoms with Crippen molar-refractivity contribution in [1.29, 1.82) is 0 Å². The molecule has 3 N–H and O–H groups in total. The number of nitrogens with two attached hydrogens (primary N) is 1. The molecular weight excluding hydrogens is 243 g/mol. The molecule has 0 aliphatic carbocycles. The average Bonchev–Trinajstić information content (AvgIpc) is 2.34. The van der Waals surface area contributed by atoms with Gasteiger partial charge in [0.25, 0.3) is 0 Å². The molecule has 1 aromatic rings. The first-order chi connectivity index (χ1) is 7.98. The molecule has 0 aromatic heterocycles. The highest BCUT2D eigenvalue weighted by molar-refractivity contribution is 6.31. The number of hydrogen-bond acceptors (Lipinski definition) is 3. The number of nitrogens with one attached hydrogen (secondary N) is 1. The van der Waals surface area contributed by atoms with E-state index < -0.39 is 5.60 Å². The van der Waals surface area contributed by atoms with Gasteiger partial charge in [0, 0.05) is 12.1 Å². The molecule has 0 fully saturated rings. The van der Waals surface area contributed by atoms with Crippen LogP contribution in [0.3, 0.4) is 0 Å². The van der Waals surface area contributed by atoms with Gasteiger partial charge in [0.1, 0.15) is 5.82 Å². The zero-order valence-corrected chi connectivity index (χ0v) is 11.0. The van der Waals surface area contributed by atoms with Crippen LogP contribution in [0, 0.1) is 5.82 Å². The number of hydrazine groups is 1. The van der Waals surface area contributed by atoms with Crippen LogP contribution in [0.4, 0.5) is 4.39 Å². The lowest BCUT2D eigenvalue weighted by atomic mass is 9.88. The molecule has 1 aromatic carbocycles. The Morgan fingerprint density at radius 1 is 1.59 bits per heavy atom. The van der Waals surface area contributed by atoms with Gasteiger partial charge in [-0.2, -0.15) is 0 Å². The molecule has 0 bridgehead atoms. The molecule has 0 heterocycles. The van der Waals surface area contributed by atoms with Gasteiger partial charge in [-0.1, -0.05) is 18.5 Å². The zero-order chi connectivity index (χ0) is 13.1. The topological polar surface area (TPSA) is 47.3 Å². The predicted molar refractivity (Wildman–Crippen MR) is 67.2 cm³/mol. The van der Waals surface area contributed by atoms with Crippen LogP contribution in [0.2, 0.25) is 5.02 Å². The summed E-state index contributed by atoms with van der Waals surface area (Å²) in [6.45, 7) is 3.87. The first kappa shape index (κ1) is 14.4. The normalized spacial score (nSPS) is 16.6. The second-order valence-corrected chi connectivity index (χ2v) is 4.54. The number of halogens is 2. The zero-order valence-electron chi connectivity index (χ0n) is 10.3. The molecule has 2 atom stereocenters. The van der Waals surface area contributed by atoms with Crippen LogP contribution in [-0.4, -0.2) is 12.7 Å². The summed E-state index contributed by atoms with van der Waals surface area (Å²) in [7, 11) is 1.60. The predicted octanol–water partition coefficient (Wildman–Crippen LogP) is 2.80. The summed E-state index contributed by atoms with van der Waals surface area (Å²) in [5.41, 5.74) is 2.70. The fraction of sp³-hybridized carbons (Fsp3) is 0.500. The van der Waals surface area contributed by atoms with Crippen molar-refractivity contribution >= 4 is 11.6 Å². The van der Waals surface area contributed by atoms with Crippen molar-refractivity contribution < 1.29 is 9.13 Å². The summed E-state index contributed by atoms with van der Waals surface area (Å²) in [5, 5.41) is 0.464. The summed E-state index contributed by atoms with van der Waals surface area (Å²) in [4.78, 5) is 0. The van der Waals surface area contributed by atoms with Gasteiger partial charge < -0.3 is 4.74 Å². The Bertz CT molecular complexity index is 383. The molecule has 0 radical (unpaired) electrons. The highest BCUT2D eigenvalue weighted by Crippen LogP contribution is 2.35. The Balaban J connectivity index is 3.21.